The SMILES string of the molecule is CN(CC1CCCCC1)C(=O)C(N)CCS(C)(=O)=O.Cl. The number of nitrogens with two attached hydrogens (primary N) is 1. The zero-order chi connectivity index (χ0) is 14.5. The summed E-state index contributed by atoms with van der Waals surface area (Å²) < 4.78 is 22.1. The first-order chi connectivity index (χ1) is 8.79. The van der Waals surface area contributed by atoms with Gasteiger partial charge in [-0.25, -0.2) is 8.42 Å². The number of sulfone groups is 1. The Morgan fingerprint density at radius 2 is 1.85 bits per heavy atom. The summed E-state index contributed by atoms with van der Waals surface area (Å²) >= 11 is 0. The molecule has 0 bridgehead atoms. The molecule has 0 aromatic carbocycles. The van der Waals surface area contributed by atoms with E-state index in [1.807, 2.05) is 0 Å². The van der Waals surface area contributed by atoms with Crippen molar-refractivity contribution in [3.05, 3.63) is 0 Å². The Labute approximate surface area is 128 Å². The zero-order valence-corrected chi connectivity index (χ0v) is 14.0. The Kier molecular flexibility index (Phi) is 8.70. The third-order valence-electron chi connectivity index (χ3n) is 3.75. The smallest absolute Gasteiger partial charge is 0.239 e. The van der Waals surface area contributed by atoms with Gasteiger partial charge in [-0.15, -0.1) is 12.4 Å². The second-order valence-electron chi connectivity index (χ2n) is 5.75. The molecule has 0 aromatic heterocycles. The number of amides is 1. The molecule has 7 heteroatoms. The van der Waals surface area contributed by atoms with E-state index in [1.165, 1.54) is 32.1 Å². The van der Waals surface area contributed by atoms with Gasteiger partial charge >= 0.3 is 0 Å². The van der Waals surface area contributed by atoms with Crippen LogP contribution < -0.4 is 5.73 Å². The molecular formula is C13H27ClN2O3S. The minimum Gasteiger partial charge on any atom is -0.344 e. The van der Waals surface area contributed by atoms with E-state index in [0.29, 0.717) is 5.92 Å². The van der Waals surface area contributed by atoms with E-state index in [-0.39, 0.29) is 30.5 Å². The van der Waals surface area contributed by atoms with Crippen LogP contribution in [0.4, 0.5) is 0 Å². The Hall–Kier alpha value is -0.330. The van der Waals surface area contributed by atoms with Crippen LogP contribution in [-0.2, 0) is 14.6 Å². The second kappa shape index (κ2) is 8.85. The fraction of sp³-hybridized carbons (Fsp3) is 0.923. The molecule has 1 aliphatic rings. The van der Waals surface area contributed by atoms with Gasteiger partial charge in [-0.05, 0) is 25.2 Å². The third kappa shape index (κ3) is 7.45. The highest BCUT2D eigenvalue weighted by Crippen LogP contribution is 2.24. The van der Waals surface area contributed by atoms with E-state index >= 15 is 0 Å². The fourth-order valence-electron chi connectivity index (χ4n) is 2.59. The molecule has 1 aliphatic carbocycles. The molecule has 0 radical (unpaired) electrons. The summed E-state index contributed by atoms with van der Waals surface area (Å²) in [4.78, 5) is 13.7. The molecule has 1 unspecified atom stereocenters. The number of halogens is 1. The van der Waals surface area contributed by atoms with Gasteiger partial charge in [0.05, 0.1) is 11.8 Å². The molecular weight excluding hydrogens is 300 g/mol. The summed E-state index contributed by atoms with van der Waals surface area (Å²) in [6.45, 7) is 0.741. The molecule has 120 valence electrons. The number of carbonyl (C=O) groups excluding carboxylic acids is 1. The number of hydrogen-bond donors (Lipinski definition) is 1. The van der Waals surface area contributed by atoms with E-state index in [9.17, 15) is 13.2 Å². The second-order valence-corrected chi connectivity index (χ2v) is 8.01. The van der Waals surface area contributed by atoms with Crippen molar-refractivity contribution in [3.8, 4) is 0 Å². The monoisotopic (exact) mass is 326 g/mol. The van der Waals surface area contributed by atoms with Gasteiger partial charge in [-0.2, -0.15) is 0 Å². The predicted molar refractivity (Wildman–Crippen MR) is 83.8 cm³/mol. The highest BCUT2D eigenvalue weighted by molar-refractivity contribution is 7.90. The van der Waals surface area contributed by atoms with E-state index in [4.69, 9.17) is 5.73 Å². The quantitative estimate of drug-likeness (QED) is 0.795. The number of likely N-dealkylation sites (N-methyl/N-ethyl adjacent to an activating group) is 1. The Morgan fingerprint density at radius 3 is 2.35 bits per heavy atom. The van der Waals surface area contributed by atoms with Crippen molar-refractivity contribution in [2.75, 3.05) is 25.6 Å². The third-order valence-corrected chi connectivity index (χ3v) is 4.73. The normalized spacial score (nSPS) is 18.1. The molecule has 20 heavy (non-hydrogen) atoms. The molecule has 0 aliphatic heterocycles. The van der Waals surface area contributed by atoms with Crippen molar-refractivity contribution < 1.29 is 13.2 Å². The molecule has 1 amide bonds. The van der Waals surface area contributed by atoms with E-state index in [2.05, 4.69) is 0 Å². The zero-order valence-electron chi connectivity index (χ0n) is 12.4. The number of hydrogen-bond acceptors (Lipinski definition) is 4. The summed E-state index contributed by atoms with van der Waals surface area (Å²) in [6, 6.07) is -0.705. The van der Waals surface area contributed by atoms with Gasteiger partial charge in [0.15, 0.2) is 0 Å². The summed E-state index contributed by atoms with van der Waals surface area (Å²) in [5.74, 6) is 0.399. The van der Waals surface area contributed by atoms with Gasteiger partial charge < -0.3 is 10.6 Å². The van der Waals surface area contributed by atoms with Crippen LogP contribution in [0.3, 0.4) is 0 Å². The Balaban J connectivity index is 0.00000361. The molecule has 5 nitrogen and oxygen atoms in total. The van der Waals surface area contributed by atoms with Crippen LogP contribution in [0.1, 0.15) is 38.5 Å². The molecule has 0 aromatic rings. The number of nitrogens with zero attached hydrogens (tertiary/aromatic N) is 1. The van der Waals surface area contributed by atoms with Crippen LogP contribution in [0.5, 0.6) is 0 Å². The summed E-state index contributed by atoms with van der Waals surface area (Å²) in [7, 11) is -1.30. The molecule has 0 heterocycles. The first kappa shape index (κ1) is 19.7. The van der Waals surface area contributed by atoms with Crippen LogP contribution in [0.15, 0.2) is 0 Å². The van der Waals surface area contributed by atoms with Crippen LogP contribution in [0.2, 0.25) is 0 Å². The molecule has 1 rings (SSSR count). The van der Waals surface area contributed by atoms with E-state index in [0.717, 1.165) is 12.8 Å². The lowest BCUT2D eigenvalue weighted by atomic mass is 9.89. The summed E-state index contributed by atoms with van der Waals surface area (Å²) in [5, 5.41) is 0. The van der Waals surface area contributed by atoms with Gasteiger partial charge in [0.1, 0.15) is 9.84 Å². The number of rotatable bonds is 6. The van der Waals surface area contributed by atoms with Crippen LogP contribution in [-0.4, -0.2) is 50.9 Å². The maximum Gasteiger partial charge on any atom is 0.239 e. The highest BCUT2D eigenvalue weighted by Gasteiger charge is 2.22. The van der Waals surface area contributed by atoms with Gasteiger partial charge in [0.2, 0.25) is 5.91 Å². The first-order valence-corrected chi connectivity index (χ1v) is 9.04. The fourth-order valence-corrected chi connectivity index (χ4v) is 3.28. The number of carbonyl (C=O) groups is 1. The van der Waals surface area contributed by atoms with Gasteiger partial charge in [-0.3, -0.25) is 4.79 Å². The molecule has 1 fully saturated rings. The van der Waals surface area contributed by atoms with Crippen LogP contribution in [0.25, 0.3) is 0 Å². The predicted octanol–water partition coefficient (Wildman–Crippen LogP) is 1.21. The average molecular weight is 327 g/mol. The van der Waals surface area contributed by atoms with E-state index < -0.39 is 15.9 Å². The highest BCUT2D eigenvalue weighted by atomic mass is 35.5. The standard InChI is InChI=1S/C13H26N2O3S.ClH/c1-15(10-11-6-4-3-5-7-11)13(16)12(14)8-9-19(2,17)18;/h11-12H,3-10,14H2,1-2H3;1H. The van der Waals surface area contributed by atoms with Crippen molar-refractivity contribution in [2.24, 2.45) is 11.7 Å². The van der Waals surface area contributed by atoms with Crippen molar-refractivity contribution in [3.63, 3.8) is 0 Å². The average Bonchev–Trinajstić information content (AvgIpc) is 2.35. The summed E-state index contributed by atoms with van der Waals surface area (Å²) in [5.41, 5.74) is 5.77. The molecule has 0 saturated heterocycles. The molecule has 1 atom stereocenters. The molecule has 1 saturated carbocycles. The maximum atomic E-state index is 12.0. The lowest BCUT2D eigenvalue weighted by molar-refractivity contribution is -0.132. The molecule has 2 N–H and O–H groups in total. The lowest BCUT2D eigenvalue weighted by Crippen LogP contribution is -2.44. The Bertz CT molecular complexity index is 394. The van der Waals surface area contributed by atoms with E-state index in [1.54, 1.807) is 11.9 Å². The Morgan fingerprint density at radius 1 is 1.30 bits per heavy atom. The van der Waals surface area contributed by atoms with Crippen molar-refractivity contribution in [1.29, 1.82) is 0 Å². The lowest BCUT2D eigenvalue weighted by Gasteiger charge is -2.28. The maximum absolute atomic E-state index is 12.0. The van der Waals surface area contributed by atoms with Crippen LogP contribution >= 0.6 is 12.4 Å². The topological polar surface area (TPSA) is 80.5 Å². The van der Waals surface area contributed by atoms with Gasteiger partial charge in [0, 0.05) is 19.8 Å². The van der Waals surface area contributed by atoms with Crippen molar-refractivity contribution in [2.45, 2.75) is 44.6 Å². The van der Waals surface area contributed by atoms with Crippen molar-refractivity contribution >= 4 is 28.2 Å². The largest absolute Gasteiger partial charge is 0.344 e. The van der Waals surface area contributed by atoms with Gasteiger partial charge in [-0.1, -0.05) is 19.3 Å². The van der Waals surface area contributed by atoms with Crippen molar-refractivity contribution in [1.82, 2.24) is 4.90 Å². The van der Waals surface area contributed by atoms with Gasteiger partial charge in [0.25, 0.3) is 0 Å². The minimum absolute atomic E-state index is 0. The molecule has 0 spiro atoms. The summed E-state index contributed by atoms with van der Waals surface area (Å²) in [6.07, 6.45) is 7.50. The minimum atomic E-state index is -3.06. The van der Waals surface area contributed by atoms with Crippen LogP contribution in [0, 0.1) is 5.92 Å². The first-order valence-electron chi connectivity index (χ1n) is 6.98.